The number of aryl methyl sites for hydroxylation is 2. The third-order valence-corrected chi connectivity index (χ3v) is 8.20. The normalized spacial score (nSPS) is 16.8. The van der Waals surface area contributed by atoms with Crippen molar-refractivity contribution in [2.45, 2.75) is 26.5 Å². The number of hydrogen-bond acceptors (Lipinski definition) is 9. The van der Waals surface area contributed by atoms with Crippen LogP contribution in [0.5, 0.6) is 0 Å². The van der Waals surface area contributed by atoms with Crippen LogP contribution in [0, 0.1) is 6.92 Å². The molecule has 0 saturated carbocycles. The molecule has 2 N–H and O–H groups in total. The molecule has 0 aliphatic carbocycles. The number of pyridine rings is 1. The van der Waals surface area contributed by atoms with Crippen LogP contribution < -0.4 is 10.6 Å². The number of carbonyl (C=O) groups is 2. The first-order valence-corrected chi connectivity index (χ1v) is 15.0. The van der Waals surface area contributed by atoms with E-state index in [1.54, 1.807) is 40.8 Å². The first-order valence-electron chi connectivity index (χ1n) is 12.5. The molecule has 1 aliphatic heterocycles. The number of ether oxygens (including phenoxy) is 1. The van der Waals surface area contributed by atoms with Crippen molar-refractivity contribution in [1.29, 1.82) is 0 Å². The van der Waals surface area contributed by atoms with Gasteiger partial charge in [-0.15, -0.1) is 11.3 Å². The fraction of sp³-hybridized carbons (Fsp3) is 0.400. The van der Waals surface area contributed by atoms with Gasteiger partial charge in [-0.05, 0) is 19.9 Å². The topological polar surface area (TPSA) is 136 Å². The van der Waals surface area contributed by atoms with Crippen LogP contribution in [0.25, 0.3) is 15.3 Å². The van der Waals surface area contributed by atoms with E-state index in [-0.39, 0.29) is 24.5 Å². The number of hydrogen-bond donors (Lipinski definition) is 2. The fourth-order valence-corrected chi connectivity index (χ4v) is 5.74. The number of fused-ring (bicyclic) bond motifs is 1. The lowest BCUT2D eigenvalue weighted by atomic mass is 10.2. The predicted molar refractivity (Wildman–Crippen MR) is 151 cm³/mol. The van der Waals surface area contributed by atoms with Crippen LogP contribution >= 0.6 is 11.3 Å². The van der Waals surface area contributed by atoms with Crippen LogP contribution in [-0.2, 0) is 26.9 Å². The van der Waals surface area contributed by atoms with E-state index in [1.165, 1.54) is 17.5 Å². The molecule has 0 radical (unpaired) electrons. The van der Waals surface area contributed by atoms with E-state index in [0.717, 1.165) is 10.4 Å². The molecule has 5 heterocycles. The van der Waals surface area contributed by atoms with Crippen LogP contribution in [0.2, 0.25) is 0 Å². The highest BCUT2D eigenvalue weighted by Crippen LogP contribution is 2.31. The zero-order chi connectivity index (χ0) is 27.5. The summed E-state index contributed by atoms with van der Waals surface area (Å²) < 4.78 is 20.3. The van der Waals surface area contributed by atoms with E-state index in [0.29, 0.717) is 59.5 Å². The summed E-state index contributed by atoms with van der Waals surface area (Å²) in [6.45, 7) is 6.62. The lowest BCUT2D eigenvalue weighted by Gasteiger charge is -2.30. The molecule has 5 rings (SSSR count). The first kappa shape index (κ1) is 27.1. The Hall–Kier alpha value is -3.46. The van der Waals surface area contributed by atoms with Gasteiger partial charge in [-0.3, -0.25) is 28.4 Å². The van der Waals surface area contributed by atoms with E-state index in [2.05, 4.69) is 25.8 Å². The zero-order valence-corrected chi connectivity index (χ0v) is 23.5. The Bertz CT molecular complexity index is 1530. The number of morpholine rings is 1. The highest BCUT2D eigenvalue weighted by molar-refractivity contribution is 7.84. The van der Waals surface area contributed by atoms with Crippen LogP contribution in [-0.4, -0.2) is 89.7 Å². The molecule has 206 valence electrons. The molecule has 4 aromatic rings. The summed E-state index contributed by atoms with van der Waals surface area (Å²) in [5.41, 5.74) is 2.95. The van der Waals surface area contributed by atoms with Gasteiger partial charge in [0.2, 0.25) is 5.91 Å². The van der Waals surface area contributed by atoms with Crippen molar-refractivity contribution in [1.82, 2.24) is 29.3 Å². The maximum absolute atomic E-state index is 13.2. The molecular weight excluding hydrogens is 540 g/mol. The van der Waals surface area contributed by atoms with Crippen molar-refractivity contribution in [3.05, 3.63) is 48.3 Å². The van der Waals surface area contributed by atoms with E-state index in [9.17, 15) is 13.8 Å². The monoisotopic (exact) mass is 570 g/mol. The van der Waals surface area contributed by atoms with Crippen LogP contribution in [0.3, 0.4) is 0 Å². The van der Waals surface area contributed by atoms with Crippen LogP contribution in [0.15, 0.2) is 37.1 Å². The Morgan fingerprint density at radius 2 is 2.05 bits per heavy atom. The molecule has 0 aromatic carbocycles. The molecule has 1 fully saturated rings. The van der Waals surface area contributed by atoms with Gasteiger partial charge in [-0.1, -0.05) is 0 Å². The number of thiazole rings is 1. The molecule has 1 saturated heterocycles. The van der Waals surface area contributed by atoms with Crippen molar-refractivity contribution < 1.29 is 18.5 Å². The highest BCUT2D eigenvalue weighted by Gasteiger charge is 2.20. The minimum Gasteiger partial charge on any atom is -0.376 e. The highest BCUT2D eigenvalue weighted by atomic mass is 32.2. The smallest absolute Gasteiger partial charge is 0.260 e. The molecule has 1 aliphatic rings. The Kier molecular flexibility index (Phi) is 8.16. The standard InChI is InChI=1S/C25H30N8O4S2/c1-16-12-31(4-6-37-16)15-23(34)29-19-8-21(17(2)26-10-19)30-24(35)20-11-28-33-14-22(38-25(20)33)18-9-27-32(13-18)5-7-39(3)36/h8-11,13-14,16H,4-7,12,15H2,1-3H3,(H,29,34)(H,30,35). The largest absolute Gasteiger partial charge is 0.376 e. The first-order chi connectivity index (χ1) is 18.7. The lowest BCUT2D eigenvalue weighted by Crippen LogP contribution is -2.44. The third-order valence-electron chi connectivity index (χ3n) is 6.28. The van der Waals surface area contributed by atoms with Crippen LogP contribution in [0.4, 0.5) is 11.4 Å². The van der Waals surface area contributed by atoms with Gasteiger partial charge in [0, 0.05) is 53.9 Å². The van der Waals surface area contributed by atoms with E-state index in [1.807, 2.05) is 24.2 Å². The predicted octanol–water partition coefficient (Wildman–Crippen LogP) is 2.25. The molecule has 14 heteroatoms. The van der Waals surface area contributed by atoms with Crippen molar-refractivity contribution in [2.75, 3.05) is 48.9 Å². The minimum atomic E-state index is -0.890. The van der Waals surface area contributed by atoms with Gasteiger partial charge >= 0.3 is 0 Å². The summed E-state index contributed by atoms with van der Waals surface area (Å²) in [5.74, 6) is 0.0591. The number of amides is 2. The van der Waals surface area contributed by atoms with Gasteiger partial charge in [0.05, 0.1) is 71.9 Å². The van der Waals surface area contributed by atoms with Crippen molar-refractivity contribution in [2.24, 2.45) is 0 Å². The maximum atomic E-state index is 13.2. The number of aromatic nitrogens is 5. The lowest BCUT2D eigenvalue weighted by molar-refractivity contribution is -0.119. The van der Waals surface area contributed by atoms with Gasteiger partial charge in [-0.25, -0.2) is 4.52 Å². The summed E-state index contributed by atoms with van der Waals surface area (Å²) in [6, 6.07) is 1.71. The van der Waals surface area contributed by atoms with Crippen molar-refractivity contribution in [3.8, 4) is 10.4 Å². The van der Waals surface area contributed by atoms with Crippen LogP contribution in [0.1, 0.15) is 23.0 Å². The van der Waals surface area contributed by atoms with Gasteiger partial charge < -0.3 is 15.4 Å². The Morgan fingerprint density at radius 3 is 2.85 bits per heavy atom. The summed E-state index contributed by atoms with van der Waals surface area (Å²) in [5, 5.41) is 14.5. The summed E-state index contributed by atoms with van der Waals surface area (Å²) in [7, 11) is -0.890. The second kappa shape index (κ2) is 11.7. The second-order valence-electron chi connectivity index (χ2n) is 9.45. The number of rotatable bonds is 9. The number of nitrogens with one attached hydrogen (secondary N) is 2. The quantitative estimate of drug-likeness (QED) is 0.313. The third kappa shape index (κ3) is 6.58. The molecule has 0 bridgehead atoms. The SMILES string of the molecule is Cc1ncc(NC(=O)CN2CCOC(C)C2)cc1NC(=O)c1cnn2cc(-c3cnn(CCS(C)=O)c3)sc12. The molecule has 2 unspecified atom stereocenters. The molecule has 12 nitrogen and oxygen atoms in total. The molecule has 4 aromatic heterocycles. The van der Waals surface area contributed by atoms with Gasteiger partial charge in [0.25, 0.3) is 5.91 Å². The van der Waals surface area contributed by atoms with Gasteiger partial charge in [0.1, 0.15) is 4.83 Å². The van der Waals surface area contributed by atoms with E-state index >= 15 is 0 Å². The Morgan fingerprint density at radius 1 is 1.21 bits per heavy atom. The number of nitrogens with zero attached hydrogens (tertiary/aromatic N) is 6. The Balaban J connectivity index is 1.26. The van der Waals surface area contributed by atoms with Gasteiger partial charge in [-0.2, -0.15) is 10.2 Å². The van der Waals surface area contributed by atoms with Crippen molar-refractivity contribution in [3.63, 3.8) is 0 Å². The minimum absolute atomic E-state index is 0.0979. The average molecular weight is 571 g/mol. The average Bonchev–Trinajstić information content (AvgIpc) is 3.60. The van der Waals surface area contributed by atoms with Gasteiger partial charge in [0.15, 0.2) is 0 Å². The zero-order valence-electron chi connectivity index (χ0n) is 21.9. The summed E-state index contributed by atoms with van der Waals surface area (Å²) in [6.07, 6.45) is 10.4. The summed E-state index contributed by atoms with van der Waals surface area (Å²) >= 11 is 1.43. The molecule has 39 heavy (non-hydrogen) atoms. The fourth-order valence-electron chi connectivity index (χ4n) is 4.27. The second-order valence-corrected chi connectivity index (χ2v) is 12.0. The Labute approximate surface area is 231 Å². The summed E-state index contributed by atoms with van der Waals surface area (Å²) in [4.78, 5) is 33.8. The molecule has 0 spiro atoms. The van der Waals surface area contributed by atoms with Crippen molar-refractivity contribution >= 4 is 50.2 Å². The number of carbonyl (C=O) groups excluding carboxylic acids is 2. The van der Waals surface area contributed by atoms with E-state index in [4.69, 9.17) is 4.74 Å². The maximum Gasteiger partial charge on any atom is 0.260 e. The molecule has 2 amide bonds. The molecular formula is C25H30N8O4S2. The van der Waals surface area contributed by atoms with E-state index < -0.39 is 10.8 Å². The molecule has 2 atom stereocenters. The number of anilines is 2.